The molecule has 2 saturated heterocycles. The minimum Gasteiger partial charge on any atom is -0.479 e. The van der Waals surface area contributed by atoms with Gasteiger partial charge in [0.05, 0.1) is 12.6 Å². The molecule has 0 saturated carbocycles. The third-order valence-electron chi connectivity index (χ3n) is 8.45. The first-order valence-electron chi connectivity index (χ1n) is 15.7. The summed E-state index contributed by atoms with van der Waals surface area (Å²) in [5.41, 5.74) is -1.29. The van der Waals surface area contributed by atoms with Gasteiger partial charge in [0.25, 0.3) is 6.02 Å². The number of ether oxygens (including phenoxy) is 2. The van der Waals surface area contributed by atoms with Gasteiger partial charge in [-0.25, -0.2) is 14.6 Å². The van der Waals surface area contributed by atoms with Gasteiger partial charge >= 0.3 is 12.1 Å². The first-order chi connectivity index (χ1) is 20.4. The maximum atomic E-state index is 14.0. The van der Waals surface area contributed by atoms with Crippen molar-refractivity contribution in [1.82, 2.24) is 20.0 Å². The van der Waals surface area contributed by atoms with Gasteiger partial charge in [-0.3, -0.25) is 4.79 Å². The molecule has 11 heteroatoms. The van der Waals surface area contributed by atoms with Crippen LogP contribution < -0.4 is 5.32 Å². The second-order valence-corrected chi connectivity index (χ2v) is 13.2. The van der Waals surface area contributed by atoms with Gasteiger partial charge in [-0.05, 0) is 91.9 Å². The van der Waals surface area contributed by atoms with Crippen LogP contribution in [0.2, 0.25) is 0 Å². The van der Waals surface area contributed by atoms with Crippen molar-refractivity contribution < 1.29 is 29.0 Å². The van der Waals surface area contributed by atoms with E-state index >= 15 is 0 Å². The Labute approximate surface area is 255 Å². The smallest absolute Gasteiger partial charge is 0.408 e. The molecule has 1 aromatic carbocycles. The average Bonchev–Trinajstić information content (AvgIpc) is 3.35. The number of rotatable bonds is 9. The first kappa shape index (κ1) is 32.6. The van der Waals surface area contributed by atoms with Crippen LogP contribution in [0, 0.1) is 0 Å². The van der Waals surface area contributed by atoms with Gasteiger partial charge in [0, 0.05) is 13.1 Å². The summed E-state index contributed by atoms with van der Waals surface area (Å²) in [5, 5.41) is 13.2. The third-order valence-corrected chi connectivity index (χ3v) is 8.45. The molecule has 4 rings (SSSR count). The normalized spacial score (nSPS) is 25.5. The zero-order chi connectivity index (χ0) is 31.2. The molecule has 2 unspecified atom stereocenters. The maximum absolute atomic E-state index is 14.0. The lowest BCUT2D eigenvalue weighted by molar-refractivity contribution is -0.163. The Hall–Kier alpha value is -3.34. The van der Waals surface area contributed by atoms with E-state index in [4.69, 9.17) is 14.5 Å². The number of piperazine rings is 1. The number of carboxylic acid groups (broad SMARTS) is 1. The molecule has 3 aliphatic heterocycles. The molecule has 238 valence electrons. The van der Waals surface area contributed by atoms with Crippen molar-refractivity contribution in [2.75, 3.05) is 39.3 Å². The number of alkyl carbamates (subject to hydrolysis) is 1. The number of aliphatic imine (C=N–C) groups is 1. The van der Waals surface area contributed by atoms with Crippen LogP contribution in [-0.2, 0) is 19.1 Å². The van der Waals surface area contributed by atoms with E-state index in [0.29, 0.717) is 19.0 Å². The minimum absolute atomic E-state index is 0.00918. The number of nitrogens with zero attached hydrogens (tertiary/aromatic N) is 4. The monoisotopic (exact) mass is 599 g/mol. The number of aliphatic carboxylic acids is 1. The Morgan fingerprint density at radius 1 is 1.09 bits per heavy atom. The molecular formula is C32H49N5O6. The number of hydrogen-bond donors (Lipinski definition) is 2. The highest BCUT2D eigenvalue weighted by molar-refractivity contribution is 5.92. The molecule has 1 aromatic rings. The van der Waals surface area contributed by atoms with Crippen LogP contribution in [0.1, 0.15) is 84.8 Å². The molecule has 0 aromatic heterocycles. The van der Waals surface area contributed by atoms with Crippen molar-refractivity contribution in [1.29, 1.82) is 0 Å². The molecule has 43 heavy (non-hydrogen) atoms. The van der Waals surface area contributed by atoms with Crippen LogP contribution in [0.4, 0.5) is 4.79 Å². The highest BCUT2D eigenvalue weighted by atomic mass is 16.6. The molecule has 2 N–H and O–H groups in total. The summed E-state index contributed by atoms with van der Waals surface area (Å²) in [6, 6.07) is 9.17. The lowest BCUT2D eigenvalue weighted by Gasteiger charge is -2.47. The van der Waals surface area contributed by atoms with Gasteiger partial charge in [-0.2, -0.15) is 0 Å². The predicted octanol–water partition coefficient (Wildman–Crippen LogP) is 4.04. The SMILES string of the molecule is C[C@@H]1N=C(N2CCN(C(=O)C(CCCCN3CCCCC3)NC(=O)OC(C)(C)C)C(C)(C(=O)O)C2)O[C@H]1c1ccccc1. The van der Waals surface area contributed by atoms with E-state index in [0.717, 1.165) is 38.0 Å². The van der Waals surface area contributed by atoms with Crippen LogP contribution in [0.3, 0.4) is 0 Å². The quantitative estimate of drug-likeness (QED) is 0.408. The number of benzene rings is 1. The van der Waals surface area contributed by atoms with Crippen molar-refractivity contribution in [2.24, 2.45) is 4.99 Å². The highest BCUT2D eigenvalue weighted by Crippen LogP contribution is 2.32. The molecule has 3 heterocycles. The lowest BCUT2D eigenvalue weighted by atomic mass is 9.94. The Kier molecular flexibility index (Phi) is 10.6. The van der Waals surface area contributed by atoms with Gasteiger partial charge < -0.3 is 34.6 Å². The Balaban J connectivity index is 1.45. The third kappa shape index (κ3) is 8.40. The minimum atomic E-state index is -1.56. The van der Waals surface area contributed by atoms with E-state index in [1.807, 2.05) is 42.2 Å². The Morgan fingerprint density at radius 3 is 2.44 bits per heavy atom. The summed E-state index contributed by atoms with van der Waals surface area (Å²) in [6.07, 6.45) is 4.75. The molecule has 0 aliphatic carbocycles. The van der Waals surface area contributed by atoms with Crippen molar-refractivity contribution in [2.45, 2.75) is 102 Å². The number of likely N-dealkylation sites (tertiary alicyclic amines) is 1. The van der Waals surface area contributed by atoms with E-state index in [1.54, 1.807) is 27.7 Å². The number of carbonyl (C=O) groups is 3. The van der Waals surface area contributed by atoms with E-state index in [9.17, 15) is 19.5 Å². The molecule has 0 spiro atoms. The van der Waals surface area contributed by atoms with Crippen LogP contribution in [0.5, 0.6) is 0 Å². The molecule has 4 atom stereocenters. The molecular weight excluding hydrogens is 550 g/mol. The lowest BCUT2D eigenvalue weighted by Crippen LogP contribution is -2.69. The number of amides is 2. The summed E-state index contributed by atoms with van der Waals surface area (Å²) in [4.78, 5) is 49.9. The number of piperidine rings is 1. The fraction of sp³-hybridized carbons (Fsp3) is 0.688. The average molecular weight is 600 g/mol. The maximum Gasteiger partial charge on any atom is 0.408 e. The zero-order valence-corrected chi connectivity index (χ0v) is 26.4. The van der Waals surface area contributed by atoms with Crippen LogP contribution in [0.15, 0.2) is 35.3 Å². The van der Waals surface area contributed by atoms with Crippen molar-refractivity contribution in [3.8, 4) is 0 Å². The molecule has 11 nitrogen and oxygen atoms in total. The fourth-order valence-electron chi connectivity index (χ4n) is 6.10. The largest absolute Gasteiger partial charge is 0.479 e. The van der Waals surface area contributed by atoms with Crippen molar-refractivity contribution in [3.63, 3.8) is 0 Å². The topological polar surface area (TPSA) is 124 Å². The summed E-state index contributed by atoms with van der Waals surface area (Å²) >= 11 is 0. The Bertz CT molecular complexity index is 1150. The van der Waals surface area contributed by atoms with E-state index in [1.165, 1.54) is 24.2 Å². The summed E-state index contributed by atoms with van der Waals surface area (Å²) in [5.74, 6) is -1.55. The second kappa shape index (κ2) is 14.0. The summed E-state index contributed by atoms with van der Waals surface area (Å²) in [7, 11) is 0. The van der Waals surface area contributed by atoms with Crippen LogP contribution >= 0.6 is 0 Å². The number of carbonyl (C=O) groups excluding carboxylic acids is 2. The van der Waals surface area contributed by atoms with E-state index in [-0.39, 0.29) is 25.2 Å². The second-order valence-electron chi connectivity index (χ2n) is 13.2. The van der Waals surface area contributed by atoms with Crippen molar-refractivity contribution in [3.05, 3.63) is 35.9 Å². The number of nitrogens with one attached hydrogen (secondary N) is 1. The molecule has 2 fully saturated rings. The van der Waals surface area contributed by atoms with Gasteiger partial charge in [-0.1, -0.05) is 36.8 Å². The Morgan fingerprint density at radius 2 is 1.79 bits per heavy atom. The molecule has 0 bridgehead atoms. The fourth-order valence-corrected chi connectivity index (χ4v) is 6.10. The van der Waals surface area contributed by atoms with Crippen molar-refractivity contribution >= 4 is 24.0 Å². The molecule has 3 aliphatic rings. The van der Waals surface area contributed by atoms with Crippen LogP contribution in [0.25, 0.3) is 0 Å². The molecule has 0 radical (unpaired) electrons. The van der Waals surface area contributed by atoms with E-state index < -0.39 is 35.2 Å². The summed E-state index contributed by atoms with van der Waals surface area (Å²) in [6.45, 7) is 12.5. The standard InChI is InChI=1S/C32H49N5O6/c1-23-26(24-14-8-6-9-15-24)42-29(33-23)36-20-21-37(32(5,22-36)28(39)40)27(38)25(34-30(41)43-31(2,3)4)16-10-13-19-35-17-11-7-12-18-35/h6,8-9,14-15,23,25-26H,7,10-13,16-22H2,1-5H3,(H,34,41)(H,39,40)/t23-,25?,26+,32?/m0/s1. The van der Waals surface area contributed by atoms with Crippen LogP contribution in [-0.4, -0.2) is 106 Å². The highest BCUT2D eigenvalue weighted by Gasteiger charge is 2.50. The van der Waals surface area contributed by atoms with Gasteiger partial charge in [-0.15, -0.1) is 0 Å². The van der Waals surface area contributed by atoms with Gasteiger partial charge in [0.1, 0.15) is 17.7 Å². The van der Waals surface area contributed by atoms with Gasteiger partial charge in [0.15, 0.2) is 5.54 Å². The molecule has 2 amide bonds. The predicted molar refractivity (Wildman–Crippen MR) is 164 cm³/mol. The first-order valence-corrected chi connectivity index (χ1v) is 15.7. The van der Waals surface area contributed by atoms with Gasteiger partial charge in [0.2, 0.25) is 5.91 Å². The number of unbranched alkanes of at least 4 members (excludes halogenated alkanes) is 1. The van der Waals surface area contributed by atoms with E-state index in [2.05, 4.69) is 10.2 Å². The number of hydrogen-bond acceptors (Lipinski definition) is 8. The zero-order valence-electron chi connectivity index (χ0n) is 26.4. The summed E-state index contributed by atoms with van der Waals surface area (Å²) < 4.78 is 11.7. The number of carboxylic acids is 1. The number of amidine groups is 1.